The van der Waals surface area contributed by atoms with Gasteiger partial charge in [-0.25, -0.2) is 0 Å². The monoisotopic (exact) mass is 276 g/mol. The van der Waals surface area contributed by atoms with Crippen LogP contribution in [0.2, 0.25) is 0 Å². The number of hydrogen-bond acceptors (Lipinski definition) is 3. The van der Waals surface area contributed by atoms with E-state index in [0.717, 1.165) is 37.3 Å². The maximum atomic E-state index is 12.5. The number of aryl methyl sites for hydroxylation is 2. The van der Waals surface area contributed by atoms with Crippen molar-refractivity contribution in [2.45, 2.75) is 26.9 Å². The van der Waals surface area contributed by atoms with Gasteiger partial charge in [0, 0.05) is 38.3 Å². The zero-order chi connectivity index (χ0) is 14.7. The molecule has 0 bridgehead atoms. The number of β-amino-alcohol motifs (C(OH)–C–C–N with tert-alkyl or cyclic N) is 1. The molecular formula is C16H24N2O2. The van der Waals surface area contributed by atoms with E-state index >= 15 is 0 Å². The van der Waals surface area contributed by atoms with Crippen molar-refractivity contribution in [1.29, 1.82) is 0 Å². The van der Waals surface area contributed by atoms with Crippen LogP contribution in [-0.4, -0.2) is 59.6 Å². The topological polar surface area (TPSA) is 43.8 Å². The predicted molar refractivity (Wildman–Crippen MR) is 79.9 cm³/mol. The standard InChI is InChI=1S/C16H24N2O2/c1-12-4-5-15(13(2)10-12)16(20)18-8-6-17(7-9-18)11-14(3)19/h4-5,10,14,19H,6-9,11H2,1-3H3. The first-order chi connectivity index (χ1) is 9.47. The van der Waals surface area contributed by atoms with E-state index in [0.29, 0.717) is 6.54 Å². The van der Waals surface area contributed by atoms with Crippen molar-refractivity contribution >= 4 is 5.91 Å². The molecule has 0 saturated carbocycles. The fourth-order valence-electron chi connectivity index (χ4n) is 2.73. The van der Waals surface area contributed by atoms with Gasteiger partial charge in [0.1, 0.15) is 0 Å². The lowest BCUT2D eigenvalue weighted by Crippen LogP contribution is -2.50. The fourth-order valence-corrected chi connectivity index (χ4v) is 2.73. The summed E-state index contributed by atoms with van der Waals surface area (Å²) in [6.07, 6.45) is -0.309. The van der Waals surface area contributed by atoms with Crippen LogP contribution in [-0.2, 0) is 0 Å². The van der Waals surface area contributed by atoms with Crippen LogP contribution in [0.5, 0.6) is 0 Å². The summed E-state index contributed by atoms with van der Waals surface area (Å²) in [5, 5.41) is 9.40. The number of aliphatic hydroxyl groups excluding tert-OH is 1. The minimum absolute atomic E-state index is 0.124. The Labute approximate surface area is 121 Å². The van der Waals surface area contributed by atoms with E-state index in [1.165, 1.54) is 5.56 Å². The van der Waals surface area contributed by atoms with Crippen LogP contribution in [0.3, 0.4) is 0 Å². The highest BCUT2D eigenvalue weighted by Crippen LogP contribution is 2.14. The van der Waals surface area contributed by atoms with E-state index in [9.17, 15) is 9.90 Å². The number of nitrogens with zero attached hydrogens (tertiary/aromatic N) is 2. The normalized spacial score (nSPS) is 18.1. The van der Waals surface area contributed by atoms with Gasteiger partial charge in [-0.3, -0.25) is 9.69 Å². The van der Waals surface area contributed by atoms with Crippen molar-refractivity contribution in [1.82, 2.24) is 9.80 Å². The molecule has 1 heterocycles. The average Bonchev–Trinajstić information content (AvgIpc) is 2.38. The molecule has 4 heteroatoms. The number of piperazine rings is 1. The summed E-state index contributed by atoms with van der Waals surface area (Å²) in [5.41, 5.74) is 3.03. The van der Waals surface area contributed by atoms with Crippen LogP contribution in [0, 0.1) is 13.8 Å². The molecule has 1 atom stereocenters. The van der Waals surface area contributed by atoms with Crippen molar-refractivity contribution in [3.63, 3.8) is 0 Å². The Kier molecular flexibility index (Phi) is 4.78. The number of benzene rings is 1. The molecular weight excluding hydrogens is 252 g/mol. The van der Waals surface area contributed by atoms with Gasteiger partial charge in [0.25, 0.3) is 5.91 Å². The summed E-state index contributed by atoms with van der Waals surface area (Å²) in [7, 11) is 0. The molecule has 0 spiro atoms. The van der Waals surface area contributed by atoms with Gasteiger partial charge in [0.2, 0.25) is 0 Å². The van der Waals surface area contributed by atoms with Gasteiger partial charge in [-0.2, -0.15) is 0 Å². The summed E-state index contributed by atoms with van der Waals surface area (Å²) in [6.45, 7) is 9.65. The molecule has 2 rings (SSSR count). The number of carbonyl (C=O) groups is 1. The quantitative estimate of drug-likeness (QED) is 0.908. The smallest absolute Gasteiger partial charge is 0.254 e. The maximum Gasteiger partial charge on any atom is 0.254 e. The van der Waals surface area contributed by atoms with Crippen molar-refractivity contribution in [3.8, 4) is 0 Å². The number of hydrogen-bond donors (Lipinski definition) is 1. The van der Waals surface area contributed by atoms with Crippen LogP contribution in [0.15, 0.2) is 18.2 Å². The predicted octanol–water partition coefficient (Wildman–Crippen LogP) is 1.44. The highest BCUT2D eigenvalue weighted by molar-refractivity contribution is 5.95. The van der Waals surface area contributed by atoms with Gasteiger partial charge >= 0.3 is 0 Å². The van der Waals surface area contributed by atoms with E-state index in [1.807, 2.05) is 30.9 Å². The Balaban J connectivity index is 1.98. The first-order valence-electron chi connectivity index (χ1n) is 7.24. The minimum atomic E-state index is -0.309. The molecule has 0 radical (unpaired) electrons. The largest absolute Gasteiger partial charge is 0.392 e. The summed E-state index contributed by atoms with van der Waals surface area (Å²) in [5.74, 6) is 0.124. The number of aliphatic hydroxyl groups is 1. The van der Waals surface area contributed by atoms with Crippen LogP contribution >= 0.6 is 0 Å². The Hall–Kier alpha value is -1.39. The van der Waals surface area contributed by atoms with E-state index in [1.54, 1.807) is 6.92 Å². The lowest BCUT2D eigenvalue weighted by Gasteiger charge is -2.35. The van der Waals surface area contributed by atoms with Crippen LogP contribution in [0.1, 0.15) is 28.4 Å². The van der Waals surface area contributed by atoms with E-state index < -0.39 is 0 Å². The van der Waals surface area contributed by atoms with E-state index in [-0.39, 0.29) is 12.0 Å². The molecule has 1 aromatic rings. The summed E-state index contributed by atoms with van der Waals surface area (Å²) in [4.78, 5) is 16.6. The third-order valence-electron chi connectivity index (χ3n) is 3.79. The van der Waals surface area contributed by atoms with Crippen molar-refractivity contribution in [2.24, 2.45) is 0 Å². The SMILES string of the molecule is Cc1ccc(C(=O)N2CCN(CC(C)O)CC2)c(C)c1. The summed E-state index contributed by atoms with van der Waals surface area (Å²) in [6, 6.07) is 5.97. The number of rotatable bonds is 3. The Morgan fingerprint density at radius 3 is 2.45 bits per heavy atom. The molecule has 0 aromatic heterocycles. The molecule has 20 heavy (non-hydrogen) atoms. The molecule has 0 aliphatic carbocycles. The van der Waals surface area contributed by atoms with Gasteiger partial charge in [-0.1, -0.05) is 17.7 Å². The molecule has 1 aliphatic heterocycles. The molecule has 1 N–H and O–H groups in total. The highest BCUT2D eigenvalue weighted by atomic mass is 16.3. The molecule has 1 fully saturated rings. The second-order valence-corrected chi connectivity index (χ2v) is 5.76. The zero-order valence-corrected chi connectivity index (χ0v) is 12.6. The molecule has 1 unspecified atom stereocenters. The maximum absolute atomic E-state index is 12.5. The second-order valence-electron chi connectivity index (χ2n) is 5.76. The molecule has 1 aromatic carbocycles. The van der Waals surface area contributed by atoms with Gasteiger partial charge in [-0.15, -0.1) is 0 Å². The van der Waals surface area contributed by atoms with Gasteiger partial charge in [-0.05, 0) is 32.4 Å². The van der Waals surface area contributed by atoms with Crippen molar-refractivity contribution in [2.75, 3.05) is 32.7 Å². The average molecular weight is 276 g/mol. The molecule has 1 amide bonds. The van der Waals surface area contributed by atoms with Crippen LogP contribution < -0.4 is 0 Å². The number of amides is 1. The second kappa shape index (κ2) is 6.37. The van der Waals surface area contributed by atoms with E-state index in [4.69, 9.17) is 0 Å². The minimum Gasteiger partial charge on any atom is -0.392 e. The lowest BCUT2D eigenvalue weighted by molar-refractivity contribution is 0.0553. The first kappa shape index (κ1) is 15.0. The van der Waals surface area contributed by atoms with Gasteiger partial charge in [0.15, 0.2) is 0 Å². The van der Waals surface area contributed by atoms with E-state index in [2.05, 4.69) is 11.0 Å². The fraction of sp³-hybridized carbons (Fsp3) is 0.562. The highest BCUT2D eigenvalue weighted by Gasteiger charge is 2.23. The first-order valence-corrected chi connectivity index (χ1v) is 7.24. The van der Waals surface area contributed by atoms with Gasteiger partial charge < -0.3 is 10.0 Å². The van der Waals surface area contributed by atoms with Crippen LogP contribution in [0.4, 0.5) is 0 Å². The summed E-state index contributed by atoms with van der Waals surface area (Å²) >= 11 is 0. The summed E-state index contributed by atoms with van der Waals surface area (Å²) < 4.78 is 0. The number of carbonyl (C=O) groups excluding carboxylic acids is 1. The Morgan fingerprint density at radius 2 is 1.90 bits per heavy atom. The van der Waals surface area contributed by atoms with Gasteiger partial charge in [0.05, 0.1) is 6.10 Å². The van der Waals surface area contributed by atoms with Crippen molar-refractivity contribution < 1.29 is 9.90 Å². The zero-order valence-electron chi connectivity index (χ0n) is 12.6. The molecule has 4 nitrogen and oxygen atoms in total. The molecule has 1 saturated heterocycles. The Bertz CT molecular complexity index is 477. The third kappa shape index (κ3) is 3.58. The molecule has 110 valence electrons. The third-order valence-corrected chi connectivity index (χ3v) is 3.79. The lowest BCUT2D eigenvalue weighted by atomic mass is 10.0. The van der Waals surface area contributed by atoms with Crippen molar-refractivity contribution in [3.05, 3.63) is 34.9 Å². The molecule has 1 aliphatic rings. The Morgan fingerprint density at radius 1 is 1.25 bits per heavy atom. The van der Waals surface area contributed by atoms with Crippen LogP contribution in [0.25, 0.3) is 0 Å².